The van der Waals surface area contributed by atoms with Crippen molar-refractivity contribution in [3.05, 3.63) is 33.2 Å². The fraction of sp³-hybridized carbons (Fsp3) is 0.706. The van der Waals surface area contributed by atoms with E-state index in [-0.39, 0.29) is 5.56 Å². The second-order valence-corrected chi connectivity index (χ2v) is 6.12. The highest BCUT2D eigenvalue weighted by atomic mass is 16.1. The van der Waals surface area contributed by atoms with Gasteiger partial charge in [0.25, 0.3) is 5.56 Å². The third kappa shape index (κ3) is 2.98. The molecule has 0 saturated heterocycles. The molecular formula is C17H28N2O. The molecule has 0 saturated carbocycles. The largest absolute Gasteiger partial charge is 0.310 e. The minimum Gasteiger partial charge on any atom is -0.310 e. The Labute approximate surface area is 122 Å². The van der Waals surface area contributed by atoms with Gasteiger partial charge in [-0.25, -0.2) is 0 Å². The van der Waals surface area contributed by atoms with Crippen molar-refractivity contribution < 1.29 is 0 Å². The first-order valence-corrected chi connectivity index (χ1v) is 8.08. The highest BCUT2D eigenvalue weighted by Gasteiger charge is 2.21. The minimum absolute atomic E-state index is 0.218. The van der Waals surface area contributed by atoms with Gasteiger partial charge in [-0.2, -0.15) is 0 Å². The molecule has 0 aliphatic heterocycles. The smallest absolute Gasteiger partial charge is 0.255 e. The lowest BCUT2D eigenvalue weighted by Crippen LogP contribution is -2.33. The van der Waals surface area contributed by atoms with Crippen molar-refractivity contribution in [1.29, 1.82) is 0 Å². The number of hydrogen-bond acceptors (Lipinski definition) is 2. The lowest BCUT2D eigenvalue weighted by molar-refractivity contribution is 0.484. The summed E-state index contributed by atoms with van der Waals surface area (Å²) in [5.74, 6) is 0. The number of nitrogens with zero attached hydrogens (tertiary/aromatic N) is 1. The van der Waals surface area contributed by atoms with Gasteiger partial charge in [0, 0.05) is 29.9 Å². The summed E-state index contributed by atoms with van der Waals surface area (Å²) in [5, 5.41) is 3.45. The predicted octanol–water partition coefficient (Wildman–Crippen LogP) is 3.20. The van der Waals surface area contributed by atoms with Crippen LogP contribution in [0.25, 0.3) is 0 Å². The molecule has 3 heteroatoms. The van der Waals surface area contributed by atoms with Crippen molar-refractivity contribution in [2.24, 2.45) is 0 Å². The molecule has 3 nitrogen and oxygen atoms in total. The van der Waals surface area contributed by atoms with Crippen molar-refractivity contribution in [1.82, 2.24) is 9.88 Å². The number of hydrogen-bond donors (Lipinski definition) is 1. The van der Waals surface area contributed by atoms with Gasteiger partial charge >= 0.3 is 0 Å². The normalized spacial score (nSPS) is 17.0. The lowest BCUT2D eigenvalue weighted by Gasteiger charge is -2.20. The maximum atomic E-state index is 12.8. The van der Waals surface area contributed by atoms with E-state index in [9.17, 15) is 4.79 Å². The molecule has 1 heterocycles. The first-order valence-electron chi connectivity index (χ1n) is 8.08. The number of aryl methyl sites for hydroxylation is 1. The van der Waals surface area contributed by atoms with E-state index in [4.69, 9.17) is 0 Å². The van der Waals surface area contributed by atoms with Crippen LogP contribution in [0.4, 0.5) is 0 Å². The second-order valence-electron chi connectivity index (χ2n) is 6.12. The summed E-state index contributed by atoms with van der Waals surface area (Å²) in [6.45, 7) is 9.34. The number of rotatable bonds is 6. The van der Waals surface area contributed by atoms with Gasteiger partial charge in [0.2, 0.25) is 0 Å². The first-order chi connectivity index (χ1) is 9.58. The van der Waals surface area contributed by atoms with E-state index in [2.05, 4.69) is 43.6 Å². The molecule has 0 aromatic carbocycles. The molecule has 1 aromatic heterocycles. The fourth-order valence-corrected chi connectivity index (χ4v) is 2.94. The van der Waals surface area contributed by atoms with E-state index >= 15 is 0 Å². The maximum absolute atomic E-state index is 12.8. The van der Waals surface area contributed by atoms with E-state index < -0.39 is 0 Å². The molecule has 2 unspecified atom stereocenters. The van der Waals surface area contributed by atoms with E-state index in [0.29, 0.717) is 18.6 Å². The van der Waals surface area contributed by atoms with Crippen LogP contribution in [0.3, 0.4) is 0 Å². The molecule has 1 N–H and O–H groups in total. The van der Waals surface area contributed by atoms with Gasteiger partial charge in [-0.05, 0) is 57.6 Å². The van der Waals surface area contributed by atoms with E-state index in [0.717, 1.165) is 31.2 Å². The Morgan fingerprint density at radius 3 is 2.65 bits per heavy atom. The number of nitrogens with one attached hydrogen (secondary N) is 1. The van der Waals surface area contributed by atoms with Gasteiger partial charge < -0.3 is 9.88 Å². The first kappa shape index (κ1) is 15.3. The lowest BCUT2D eigenvalue weighted by atomic mass is 10.1. The van der Waals surface area contributed by atoms with E-state index in [1.807, 2.05) is 0 Å². The molecule has 1 aliphatic rings. The monoisotopic (exact) mass is 276 g/mol. The molecule has 0 amide bonds. The molecule has 0 fully saturated rings. The molecule has 2 atom stereocenters. The van der Waals surface area contributed by atoms with Gasteiger partial charge in [-0.1, -0.05) is 13.8 Å². The summed E-state index contributed by atoms with van der Waals surface area (Å²) in [6.07, 6.45) is 5.48. The average molecular weight is 276 g/mol. The van der Waals surface area contributed by atoms with Crippen LogP contribution < -0.4 is 10.9 Å². The Kier molecular flexibility index (Phi) is 5.03. The van der Waals surface area contributed by atoms with Gasteiger partial charge in [-0.15, -0.1) is 0 Å². The SMILES string of the molecule is CCC(C)NCc1cc2c(n(C(C)CC)c1=O)CCC2. The van der Waals surface area contributed by atoms with Crippen molar-refractivity contribution in [2.45, 2.75) is 78.4 Å². The molecule has 112 valence electrons. The summed E-state index contributed by atoms with van der Waals surface area (Å²) in [5.41, 5.74) is 3.84. The van der Waals surface area contributed by atoms with Crippen LogP contribution in [0.5, 0.6) is 0 Å². The van der Waals surface area contributed by atoms with Crippen LogP contribution in [0.15, 0.2) is 10.9 Å². The van der Waals surface area contributed by atoms with Crippen molar-refractivity contribution in [3.8, 4) is 0 Å². The number of fused-ring (bicyclic) bond motifs is 1. The van der Waals surface area contributed by atoms with E-state index in [1.54, 1.807) is 0 Å². The second kappa shape index (κ2) is 6.57. The van der Waals surface area contributed by atoms with E-state index in [1.165, 1.54) is 17.7 Å². The molecule has 1 aromatic rings. The van der Waals surface area contributed by atoms with Crippen molar-refractivity contribution in [2.75, 3.05) is 0 Å². The fourth-order valence-electron chi connectivity index (χ4n) is 2.94. The molecule has 1 aliphatic carbocycles. The Morgan fingerprint density at radius 1 is 1.25 bits per heavy atom. The minimum atomic E-state index is 0.218. The van der Waals surface area contributed by atoms with Crippen LogP contribution in [0.1, 0.15) is 69.8 Å². The summed E-state index contributed by atoms with van der Waals surface area (Å²) >= 11 is 0. The number of pyridine rings is 1. The zero-order valence-electron chi connectivity index (χ0n) is 13.3. The van der Waals surface area contributed by atoms with Crippen LogP contribution in [-0.2, 0) is 19.4 Å². The summed E-state index contributed by atoms with van der Waals surface area (Å²) in [7, 11) is 0. The predicted molar refractivity (Wildman–Crippen MR) is 84.3 cm³/mol. The molecule has 20 heavy (non-hydrogen) atoms. The molecule has 0 spiro atoms. The van der Waals surface area contributed by atoms with Crippen LogP contribution >= 0.6 is 0 Å². The molecule has 2 rings (SSSR count). The highest BCUT2D eigenvalue weighted by Crippen LogP contribution is 2.24. The summed E-state index contributed by atoms with van der Waals surface area (Å²) in [6, 6.07) is 2.91. The Balaban J connectivity index is 2.36. The van der Waals surface area contributed by atoms with Crippen molar-refractivity contribution in [3.63, 3.8) is 0 Å². The van der Waals surface area contributed by atoms with Gasteiger partial charge in [0.15, 0.2) is 0 Å². The summed E-state index contributed by atoms with van der Waals surface area (Å²) < 4.78 is 2.07. The van der Waals surface area contributed by atoms with Crippen LogP contribution in [0, 0.1) is 0 Å². The van der Waals surface area contributed by atoms with Crippen LogP contribution in [0.2, 0.25) is 0 Å². The van der Waals surface area contributed by atoms with Gasteiger partial charge in [0.05, 0.1) is 0 Å². The number of aromatic nitrogens is 1. The molecule has 0 radical (unpaired) electrons. The third-order valence-corrected chi connectivity index (χ3v) is 4.65. The molecular weight excluding hydrogens is 248 g/mol. The van der Waals surface area contributed by atoms with Gasteiger partial charge in [-0.3, -0.25) is 4.79 Å². The zero-order chi connectivity index (χ0) is 14.7. The maximum Gasteiger partial charge on any atom is 0.255 e. The quantitative estimate of drug-likeness (QED) is 0.865. The van der Waals surface area contributed by atoms with Crippen LogP contribution in [-0.4, -0.2) is 10.6 Å². The average Bonchev–Trinajstić information content (AvgIpc) is 2.91. The molecule has 0 bridgehead atoms. The third-order valence-electron chi connectivity index (χ3n) is 4.65. The Morgan fingerprint density at radius 2 is 2.00 bits per heavy atom. The Bertz CT molecular complexity index is 518. The standard InChI is InChI=1S/C17H28N2O/c1-5-12(3)18-11-15-10-14-8-7-9-16(14)19(17(15)20)13(4)6-2/h10,12-13,18H,5-9,11H2,1-4H3. The topological polar surface area (TPSA) is 34.0 Å². The highest BCUT2D eigenvalue weighted by molar-refractivity contribution is 5.31. The summed E-state index contributed by atoms with van der Waals surface area (Å²) in [4.78, 5) is 12.8. The van der Waals surface area contributed by atoms with Gasteiger partial charge in [0.1, 0.15) is 0 Å². The zero-order valence-corrected chi connectivity index (χ0v) is 13.3. The Hall–Kier alpha value is -1.09. The van der Waals surface area contributed by atoms with Crippen molar-refractivity contribution >= 4 is 0 Å².